The van der Waals surface area contributed by atoms with Crippen molar-refractivity contribution in [3.8, 4) is 0 Å². The number of rotatable bonds is 4. The van der Waals surface area contributed by atoms with Crippen molar-refractivity contribution in [3.05, 3.63) is 47.0 Å². The molecule has 2 aromatic heterocycles. The molecule has 1 atom stereocenters. The maximum Gasteiger partial charge on any atom is 0.257 e. The molecule has 2 aromatic carbocycles. The fourth-order valence-corrected chi connectivity index (χ4v) is 7.45. The Morgan fingerprint density at radius 1 is 1.12 bits per heavy atom. The van der Waals surface area contributed by atoms with Crippen molar-refractivity contribution in [1.29, 1.82) is 0 Å². The highest BCUT2D eigenvalue weighted by molar-refractivity contribution is 7.89. The first-order valence-corrected chi connectivity index (χ1v) is 13.5. The topological polar surface area (TPSA) is 92.3 Å². The minimum atomic E-state index is -3.55. The zero-order chi connectivity index (χ0) is 22.5. The van der Waals surface area contributed by atoms with Gasteiger partial charge in [0.15, 0.2) is 5.13 Å². The molecule has 1 N–H and O–H groups in total. The van der Waals surface area contributed by atoms with Crippen LogP contribution in [0.25, 0.3) is 20.4 Å². The van der Waals surface area contributed by atoms with Gasteiger partial charge in [0.25, 0.3) is 5.91 Å². The van der Waals surface area contributed by atoms with Crippen molar-refractivity contribution in [2.45, 2.75) is 31.6 Å². The predicted molar refractivity (Wildman–Crippen MR) is 129 cm³/mol. The number of aryl methyl sites for hydroxylation is 1. The molecular weight excluding hydrogens is 464 g/mol. The highest BCUT2D eigenvalue weighted by Crippen LogP contribution is 2.35. The molecule has 32 heavy (non-hydrogen) atoms. The molecule has 5 rings (SSSR count). The van der Waals surface area contributed by atoms with Gasteiger partial charge in [0.2, 0.25) is 10.0 Å². The second-order valence-electron chi connectivity index (χ2n) is 8.10. The van der Waals surface area contributed by atoms with Crippen LogP contribution in [0.3, 0.4) is 0 Å². The normalized spacial score (nSPS) is 17.8. The fraction of sp³-hybridized carbons (Fsp3) is 0.318. The maximum absolute atomic E-state index is 12.9. The summed E-state index contributed by atoms with van der Waals surface area (Å²) in [6.07, 6.45) is 1.92. The van der Waals surface area contributed by atoms with E-state index >= 15 is 0 Å². The summed E-state index contributed by atoms with van der Waals surface area (Å²) < 4.78 is 29.4. The predicted octanol–water partition coefficient (Wildman–Crippen LogP) is 4.89. The zero-order valence-corrected chi connectivity index (χ0v) is 20.1. The van der Waals surface area contributed by atoms with Crippen LogP contribution in [-0.4, -0.2) is 41.7 Å². The number of anilines is 1. The lowest BCUT2D eigenvalue weighted by atomic mass is 10.0. The van der Waals surface area contributed by atoms with Gasteiger partial charge in [0.1, 0.15) is 5.52 Å². The minimum Gasteiger partial charge on any atom is -0.298 e. The van der Waals surface area contributed by atoms with Crippen molar-refractivity contribution in [1.82, 2.24) is 14.3 Å². The molecule has 3 heterocycles. The van der Waals surface area contributed by atoms with Gasteiger partial charge in [-0.15, -0.1) is 11.3 Å². The molecular formula is C22H22N4O3S3. The number of thiazole rings is 2. The van der Waals surface area contributed by atoms with Gasteiger partial charge in [-0.05, 0) is 62.1 Å². The molecule has 0 radical (unpaired) electrons. The van der Waals surface area contributed by atoms with Crippen LogP contribution >= 0.6 is 22.7 Å². The summed E-state index contributed by atoms with van der Waals surface area (Å²) >= 11 is 3.02. The van der Waals surface area contributed by atoms with Crippen LogP contribution < -0.4 is 5.32 Å². The minimum absolute atomic E-state index is 0.212. The van der Waals surface area contributed by atoms with E-state index in [0.717, 1.165) is 38.3 Å². The first-order chi connectivity index (χ1) is 15.3. The van der Waals surface area contributed by atoms with Crippen molar-refractivity contribution in [3.63, 3.8) is 0 Å². The number of aromatic nitrogens is 2. The molecule has 0 bridgehead atoms. The molecule has 0 unspecified atom stereocenters. The van der Waals surface area contributed by atoms with Crippen LogP contribution in [0.2, 0.25) is 0 Å². The van der Waals surface area contributed by atoms with Gasteiger partial charge in [-0.2, -0.15) is 4.31 Å². The number of piperidine rings is 1. The van der Waals surface area contributed by atoms with Gasteiger partial charge in [-0.3, -0.25) is 10.1 Å². The SMILES string of the molecule is Cc1nc2c(ccc3nc(NC(=O)c4ccc(S(=O)(=O)N5CCC[C@H](C)C5)cc4)sc32)s1. The molecule has 1 fully saturated rings. The van der Waals surface area contributed by atoms with Gasteiger partial charge in [-0.25, -0.2) is 18.4 Å². The van der Waals surface area contributed by atoms with Crippen LogP contribution in [0.5, 0.6) is 0 Å². The van der Waals surface area contributed by atoms with E-state index in [2.05, 4.69) is 22.2 Å². The maximum atomic E-state index is 12.9. The number of nitrogens with one attached hydrogen (secondary N) is 1. The Bertz CT molecular complexity index is 1420. The molecule has 0 saturated carbocycles. The zero-order valence-electron chi connectivity index (χ0n) is 17.7. The van der Waals surface area contributed by atoms with Crippen molar-refractivity contribution in [2.75, 3.05) is 18.4 Å². The summed E-state index contributed by atoms with van der Waals surface area (Å²) in [5.74, 6) is 0.0251. The van der Waals surface area contributed by atoms with Crippen molar-refractivity contribution < 1.29 is 13.2 Å². The number of fused-ring (bicyclic) bond motifs is 3. The number of hydrogen-bond donors (Lipinski definition) is 1. The quantitative estimate of drug-likeness (QED) is 0.443. The summed E-state index contributed by atoms with van der Waals surface area (Å²) in [5.41, 5.74) is 2.08. The van der Waals surface area contributed by atoms with Crippen LogP contribution in [0.15, 0.2) is 41.3 Å². The van der Waals surface area contributed by atoms with E-state index in [1.165, 1.54) is 27.8 Å². The van der Waals surface area contributed by atoms with Gasteiger partial charge in [0, 0.05) is 18.7 Å². The summed E-state index contributed by atoms with van der Waals surface area (Å²) in [7, 11) is -3.55. The lowest BCUT2D eigenvalue weighted by Gasteiger charge is -2.30. The third-order valence-corrected chi connectivity index (χ3v) is 9.42. The van der Waals surface area contributed by atoms with Crippen molar-refractivity contribution >= 4 is 64.2 Å². The highest BCUT2D eigenvalue weighted by Gasteiger charge is 2.28. The number of sulfonamides is 1. The number of carbonyl (C=O) groups is 1. The van der Waals surface area contributed by atoms with Crippen LogP contribution in [0.1, 0.15) is 35.1 Å². The summed E-state index contributed by atoms with van der Waals surface area (Å²) in [4.78, 5) is 22.1. The summed E-state index contributed by atoms with van der Waals surface area (Å²) in [5, 5.41) is 4.31. The second-order valence-corrected chi connectivity index (χ2v) is 12.3. The average molecular weight is 487 g/mol. The molecule has 1 amide bonds. The van der Waals surface area contributed by atoms with E-state index < -0.39 is 10.0 Å². The molecule has 0 spiro atoms. The monoisotopic (exact) mass is 486 g/mol. The second kappa shape index (κ2) is 8.18. The Kier molecular flexibility index (Phi) is 5.48. The Balaban J connectivity index is 1.35. The molecule has 1 aliphatic heterocycles. The average Bonchev–Trinajstić information content (AvgIpc) is 3.35. The van der Waals surface area contributed by atoms with E-state index in [1.54, 1.807) is 23.5 Å². The summed E-state index contributed by atoms with van der Waals surface area (Å²) in [6, 6.07) is 10.0. The van der Waals surface area contributed by atoms with E-state index in [0.29, 0.717) is 29.7 Å². The van der Waals surface area contributed by atoms with Gasteiger partial charge in [-0.1, -0.05) is 18.3 Å². The first-order valence-electron chi connectivity index (χ1n) is 10.4. The Morgan fingerprint density at radius 2 is 1.91 bits per heavy atom. The Labute approximate surface area is 194 Å². The summed E-state index contributed by atoms with van der Waals surface area (Å²) in [6.45, 7) is 5.11. The number of hydrogen-bond acceptors (Lipinski definition) is 7. The van der Waals surface area contributed by atoms with E-state index in [-0.39, 0.29) is 10.8 Å². The lowest BCUT2D eigenvalue weighted by Crippen LogP contribution is -2.39. The molecule has 1 saturated heterocycles. The number of carbonyl (C=O) groups excluding carboxylic acids is 1. The highest BCUT2D eigenvalue weighted by atomic mass is 32.2. The fourth-order valence-electron chi connectivity index (χ4n) is 4.00. The van der Waals surface area contributed by atoms with Crippen molar-refractivity contribution in [2.24, 2.45) is 5.92 Å². The molecule has 1 aliphatic rings. The molecule has 4 aromatic rings. The smallest absolute Gasteiger partial charge is 0.257 e. The number of benzene rings is 2. The first kappa shape index (κ1) is 21.4. The van der Waals surface area contributed by atoms with Crippen LogP contribution in [0.4, 0.5) is 5.13 Å². The molecule has 7 nitrogen and oxygen atoms in total. The Hall–Kier alpha value is -2.40. The number of amides is 1. The van der Waals surface area contributed by atoms with Gasteiger partial charge in [0.05, 0.1) is 24.8 Å². The standard InChI is InChI=1S/C22H22N4O3S3/c1-13-4-3-11-26(12-13)32(28,29)16-7-5-15(6-8-16)21(27)25-22-24-17-9-10-18-19(20(17)31-22)23-14(2)30-18/h5-10,13H,3-4,11-12H2,1-2H3,(H,24,25,27)/t13-/m0/s1. The van der Waals surface area contributed by atoms with E-state index in [1.807, 2.05) is 19.1 Å². The third kappa shape index (κ3) is 3.92. The van der Waals surface area contributed by atoms with Gasteiger partial charge >= 0.3 is 0 Å². The molecule has 0 aliphatic carbocycles. The van der Waals surface area contributed by atoms with Crippen LogP contribution in [0, 0.1) is 12.8 Å². The van der Waals surface area contributed by atoms with E-state index in [4.69, 9.17) is 0 Å². The largest absolute Gasteiger partial charge is 0.298 e. The third-order valence-electron chi connectivity index (χ3n) is 5.62. The van der Waals surface area contributed by atoms with Gasteiger partial charge < -0.3 is 0 Å². The van der Waals surface area contributed by atoms with E-state index in [9.17, 15) is 13.2 Å². The van der Waals surface area contributed by atoms with Crippen LogP contribution in [-0.2, 0) is 10.0 Å². The number of nitrogens with zero attached hydrogens (tertiary/aromatic N) is 3. The Morgan fingerprint density at radius 3 is 2.66 bits per heavy atom. The lowest BCUT2D eigenvalue weighted by molar-refractivity contribution is 0.102. The molecule has 10 heteroatoms. The molecule has 166 valence electrons.